The molecule has 0 bridgehead atoms. The van der Waals surface area contributed by atoms with Crippen molar-refractivity contribution >= 4 is 17.8 Å². The molecule has 3 aromatic carbocycles. The first kappa shape index (κ1) is 25.0. The van der Waals surface area contributed by atoms with Crippen molar-refractivity contribution in [3.05, 3.63) is 102 Å². The van der Waals surface area contributed by atoms with Gasteiger partial charge >= 0.3 is 6.09 Å². The van der Waals surface area contributed by atoms with Gasteiger partial charge in [0.1, 0.15) is 12.4 Å². The predicted molar refractivity (Wildman–Crippen MR) is 135 cm³/mol. The highest BCUT2D eigenvalue weighted by Gasteiger charge is 2.64. The van der Waals surface area contributed by atoms with Crippen molar-refractivity contribution in [1.82, 2.24) is 10.6 Å². The number of para-hydroxylation sites is 1. The van der Waals surface area contributed by atoms with Crippen molar-refractivity contribution < 1.29 is 23.9 Å². The second-order valence-corrected chi connectivity index (χ2v) is 9.21. The summed E-state index contributed by atoms with van der Waals surface area (Å²) in [4.78, 5) is 39.9. The maximum absolute atomic E-state index is 14.1. The van der Waals surface area contributed by atoms with E-state index >= 15 is 0 Å². The molecule has 186 valence electrons. The Labute approximate surface area is 210 Å². The summed E-state index contributed by atoms with van der Waals surface area (Å²) in [5, 5.41) is 5.46. The van der Waals surface area contributed by atoms with Gasteiger partial charge in [-0.3, -0.25) is 9.59 Å². The SMILES string of the molecule is CC(C)C(NC(=O)OCc1ccccc1)C(=O)[C@]1(Cc2ccccc2)C(=O)N[C@@H]1Oc1ccccc1. The number of alkyl carbamates (subject to hydrolysis) is 1. The number of β-lactam (4-membered cyclic amide) rings is 1. The molecule has 1 aliphatic rings. The van der Waals surface area contributed by atoms with E-state index in [4.69, 9.17) is 9.47 Å². The predicted octanol–water partition coefficient (Wildman–Crippen LogP) is 4.27. The summed E-state index contributed by atoms with van der Waals surface area (Å²) in [7, 11) is 0. The van der Waals surface area contributed by atoms with Crippen LogP contribution in [-0.4, -0.2) is 30.1 Å². The lowest BCUT2D eigenvalue weighted by Gasteiger charge is -2.48. The van der Waals surface area contributed by atoms with E-state index < -0.39 is 35.5 Å². The molecule has 1 fully saturated rings. The summed E-state index contributed by atoms with van der Waals surface area (Å²) in [6.07, 6.45) is -1.47. The van der Waals surface area contributed by atoms with Gasteiger partial charge < -0.3 is 20.1 Å². The molecule has 1 unspecified atom stereocenters. The van der Waals surface area contributed by atoms with Crippen LogP contribution < -0.4 is 15.4 Å². The summed E-state index contributed by atoms with van der Waals surface area (Å²) < 4.78 is 11.4. The average molecular weight is 487 g/mol. The van der Waals surface area contributed by atoms with E-state index in [9.17, 15) is 14.4 Å². The third-order valence-electron chi connectivity index (χ3n) is 6.31. The summed E-state index contributed by atoms with van der Waals surface area (Å²) in [6, 6.07) is 26.7. The Balaban J connectivity index is 1.58. The fourth-order valence-electron chi connectivity index (χ4n) is 4.30. The van der Waals surface area contributed by atoms with Crippen molar-refractivity contribution in [1.29, 1.82) is 0 Å². The van der Waals surface area contributed by atoms with Gasteiger partial charge in [0.15, 0.2) is 17.4 Å². The van der Waals surface area contributed by atoms with Gasteiger partial charge in [0.2, 0.25) is 5.91 Å². The second kappa shape index (κ2) is 11.1. The minimum Gasteiger partial charge on any atom is -0.469 e. The van der Waals surface area contributed by atoms with E-state index in [-0.39, 0.29) is 18.9 Å². The quantitative estimate of drug-likeness (QED) is 0.330. The van der Waals surface area contributed by atoms with Crippen LogP contribution in [0.2, 0.25) is 0 Å². The number of benzene rings is 3. The number of ketones is 1. The molecule has 1 saturated heterocycles. The first-order valence-electron chi connectivity index (χ1n) is 12.0. The van der Waals surface area contributed by atoms with Gasteiger partial charge in [-0.15, -0.1) is 0 Å². The molecular formula is C29H30N2O5. The summed E-state index contributed by atoms with van der Waals surface area (Å²) in [5.41, 5.74) is 0.130. The minimum atomic E-state index is -1.52. The third kappa shape index (κ3) is 5.40. The van der Waals surface area contributed by atoms with Gasteiger partial charge in [-0.25, -0.2) is 4.79 Å². The second-order valence-electron chi connectivity index (χ2n) is 9.21. The van der Waals surface area contributed by atoms with E-state index in [1.807, 2.05) is 92.7 Å². The van der Waals surface area contributed by atoms with Crippen molar-refractivity contribution in [2.24, 2.45) is 11.3 Å². The monoisotopic (exact) mass is 486 g/mol. The first-order chi connectivity index (χ1) is 17.4. The lowest BCUT2D eigenvalue weighted by atomic mass is 9.66. The van der Waals surface area contributed by atoms with E-state index in [2.05, 4.69) is 10.6 Å². The Morgan fingerprint density at radius 1 is 0.889 bits per heavy atom. The van der Waals surface area contributed by atoms with Gasteiger partial charge in [0.25, 0.3) is 0 Å². The maximum atomic E-state index is 14.1. The zero-order chi connectivity index (χ0) is 25.5. The van der Waals surface area contributed by atoms with E-state index in [1.54, 1.807) is 12.1 Å². The lowest BCUT2D eigenvalue weighted by Crippen LogP contribution is -2.76. The van der Waals surface area contributed by atoms with Crippen LogP contribution in [0.4, 0.5) is 4.79 Å². The number of carbonyl (C=O) groups is 3. The Morgan fingerprint density at radius 3 is 2.00 bits per heavy atom. The Hall–Kier alpha value is -4.13. The molecule has 1 aliphatic heterocycles. The zero-order valence-corrected chi connectivity index (χ0v) is 20.3. The highest BCUT2D eigenvalue weighted by atomic mass is 16.5. The molecule has 7 nitrogen and oxygen atoms in total. The van der Waals surface area contributed by atoms with Crippen molar-refractivity contribution in [3.8, 4) is 5.75 Å². The summed E-state index contributed by atoms with van der Waals surface area (Å²) >= 11 is 0. The van der Waals surface area contributed by atoms with E-state index in [1.165, 1.54) is 0 Å². The van der Waals surface area contributed by atoms with Crippen LogP contribution in [0, 0.1) is 11.3 Å². The lowest BCUT2D eigenvalue weighted by molar-refractivity contribution is -0.170. The van der Waals surface area contributed by atoms with Gasteiger partial charge in [0, 0.05) is 0 Å². The molecule has 0 radical (unpaired) electrons. The number of hydrogen-bond donors (Lipinski definition) is 2. The molecule has 2 amide bonds. The number of Topliss-reactive ketones (excluding diaryl/α,β-unsaturated/α-hetero) is 1. The molecule has 0 spiro atoms. The number of nitrogens with one attached hydrogen (secondary N) is 2. The molecule has 3 atom stereocenters. The van der Waals surface area contributed by atoms with Gasteiger partial charge in [-0.2, -0.15) is 0 Å². The normalized spacial score (nSPS) is 19.5. The smallest absolute Gasteiger partial charge is 0.408 e. The molecule has 0 aliphatic carbocycles. The number of amides is 2. The summed E-state index contributed by atoms with van der Waals surface area (Å²) in [6.45, 7) is 3.71. The third-order valence-corrected chi connectivity index (χ3v) is 6.31. The molecule has 0 saturated carbocycles. The Bertz CT molecular complexity index is 1180. The largest absolute Gasteiger partial charge is 0.469 e. The van der Waals surface area contributed by atoms with Crippen LogP contribution in [-0.2, 0) is 27.4 Å². The molecule has 4 rings (SSSR count). The fraction of sp³-hybridized carbons (Fsp3) is 0.276. The van der Waals surface area contributed by atoms with Gasteiger partial charge in [-0.05, 0) is 35.6 Å². The molecular weight excluding hydrogens is 456 g/mol. The van der Waals surface area contributed by atoms with Crippen LogP contribution in [0.1, 0.15) is 25.0 Å². The minimum absolute atomic E-state index is 0.0705. The van der Waals surface area contributed by atoms with Gasteiger partial charge in [0.05, 0.1) is 6.04 Å². The highest BCUT2D eigenvalue weighted by molar-refractivity contribution is 6.13. The Kier molecular flexibility index (Phi) is 7.68. The fourth-order valence-corrected chi connectivity index (χ4v) is 4.30. The maximum Gasteiger partial charge on any atom is 0.408 e. The van der Waals surface area contributed by atoms with E-state index in [0.717, 1.165) is 11.1 Å². The van der Waals surface area contributed by atoms with Crippen molar-refractivity contribution in [3.63, 3.8) is 0 Å². The average Bonchev–Trinajstić information content (AvgIpc) is 2.90. The molecule has 2 N–H and O–H groups in total. The number of carbonyl (C=O) groups excluding carboxylic acids is 3. The first-order valence-corrected chi connectivity index (χ1v) is 12.0. The molecule has 7 heteroatoms. The number of ether oxygens (including phenoxy) is 2. The molecule has 36 heavy (non-hydrogen) atoms. The topological polar surface area (TPSA) is 93.7 Å². The Morgan fingerprint density at radius 2 is 1.44 bits per heavy atom. The standard InChI is InChI=1S/C29H30N2O5/c1-20(2)24(30-28(34)35-19-22-14-8-4-9-15-22)25(32)29(18-21-12-6-3-7-13-21)26(33)31-27(29)36-23-16-10-5-11-17-23/h3-17,20,24,27H,18-19H2,1-2H3,(H,30,34)(H,31,33)/t24?,27-,29-/m1/s1. The van der Waals surface area contributed by atoms with Crippen LogP contribution in [0.25, 0.3) is 0 Å². The molecule has 1 heterocycles. The van der Waals surface area contributed by atoms with Crippen molar-refractivity contribution in [2.45, 2.75) is 39.1 Å². The van der Waals surface area contributed by atoms with Crippen LogP contribution in [0.3, 0.4) is 0 Å². The molecule has 3 aromatic rings. The van der Waals surface area contributed by atoms with Crippen molar-refractivity contribution in [2.75, 3.05) is 0 Å². The van der Waals surface area contributed by atoms with Crippen LogP contribution in [0.5, 0.6) is 5.75 Å². The molecule has 0 aromatic heterocycles. The zero-order valence-electron chi connectivity index (χ0n) is 20.3. The number of rotatable bonds is 10. The van der Waals surface area contributed by atoms with Crippen LogP contribution >= 0.6 is 0 Å². The van der Waals surface area contributed by atoms with E-state index in [0.29, 0.717) is 5.75 Å². The van der Waals surface area contributed by atoms with Gasteiger partial charge in [-0.1, -0.05) is 92.7 Å². The van der Waals surface area contributed by atoms with Crippen LogP contribution in [0.15, 0.2) is 91.0 Å². The summed E-state index contributed by atoms with van der Waals surface area (Å²) in [5.74, 6) is -0.602. The number of hydrogen-bond acceptors (Lipinski definition) is 5. The highest BCUT2D eigenvalue weighted by Crippen LogP contribution is 2.39.